The van der Waals surface area contributed by atoms with Crippen LogP contribution in [0.25, 0.3) is 0 Å². The number of ether oxygens (including phenoxy) is 1. The van der Waals surface area contributed by atoms with Gasteiger partial charge in [0.25, 0.3) is 0 Å². The van der Waals surface area contributed by atoms with Crippen LogP contribution >= 0.6 is 31.9 Å². The zero-order chi connectivity index (χ0) is 23.0. The highest BCUT2D eigenvalue weighted by Gasteiger charge is 2.39. The standard InChI is InChI=1S/C24H20Br2FN3O2/c1-30-19-6-3-7-20(31)22(19)21(16(11-28)24(30)29)14-9-17(25)23(18(26)10-14)32-12-13-4-2-5-15(27)8-13/h2,4-5,8-10,21H,3,6-7,12,29H2,1H3/t21-/m0/s1. The lowest BCUT2D eigenvalue weighted by atomic mass is 9.76. The fourth-order valence-corrected chi connectivity index (χ4v) is 5.71. The van der Waals surface area contributed by atoms with Gasteiger partial charge in [-0.1, -0.05) is 12.1 Å². The van der Waals surface area contributed by atoms with Crippen LogP contribution in [0.15, 0.2) is 68.0 Å². The van der Waals surface area contributed by atoms with Gasteiger partial charge in [0.2, 0.25) is 0 Å². The monoisotopic (exact) mass is 559 g/mol. The maximum atomic E-state index is 13.5. The van der Waals surface area contributed by atoms with Crippen LogP contribution in [-0.2, 0) is 11.4 Å². The van der Waals surface area contributed by atoms with Crippen LogP contribution in [0.1, 0.15) is 36.3 Å². The summed E-state index contributed by atoms with van der Waals surface area (Å²) in [5.41, 5.74) is 9.63. The van der Waals surface area contributed by atoms with E-state index >= 15 is 0 Å². The first-order valence-electron chi connectivity index (χ1n) is 10.1. The summed E-state index contributed by atoms with van der Waals surface area (Å²) in [6, 6.07) is 12.1. The SMILES string of the molecule is CN1C(N)=C(C#N)[C@H](c2cc(Br)c(OCc3cccc(F)c3)c(Br)c2)C2=C1CCCC2=O. The third kappa shape index (κ3) is 4.07. The minimum Gasteiger partial charge on any atom is -0.487 e. The molecule has 0 saturated heterocycles. The molecule has 2 aromatic carbocycles. The van der Waals surface area contributed by atoms with Crippen molar-refractivity contribution in [2.75, 3.05) is 7.05 Å². The smallest absolute Gasteiger partial charge is 0.161 e. The fourth-order valence-electron chi connectivity index (χ4n) is 4.26. The molecule has 0 saturated carbocycles. The Morgan fingerprint density at radius 1 is 1.25 bits per heavy atom. The van der Waals surface area contributed by atoms with E-state index in [9.17, 15) is 14.4 Å². The van der Waals surface area contributed by atoms with E-state index in [1.54, 1.807) is 24.1 Å². The number of allylic oxidation sites excluding steroid dienone is 3. The normalized spacial score (nSPS) is 18.5. The van der Waals surface area contributed by atoms with Gasteiger partial charge in [0.1, 0.15) is 24.0 Å². The van der Waals surface area contributed by atoms with E-state index in [1.807, 2.05) is 12.1 Å². The van der Waals surface area contributed by atoms with E-state index in [2.05, 4.69) is 37.9 Å². The lowest BCUT2D eigenvalue weighted by molar-refractivity contribution is -0.116. The first kappa shape index (κ1) is 22.6. The molecule has 1 atom stereocenters. The predicted molar refractivity (Wildman–Crippen MR) is 126 cm³/mol. The molecule has 0 fully saturated rings. The molecule has 0 unspecified atom stereocenters. The zero-order valence-corrected chi connectivity index (χ0v) is 20.5. The Hall–Kier alpha value is -2.63. The first-order valence-corrected chi connectivity index (χ1v) is 11.7. The molecule has 0 amide bonds. The van der Waals surface area contributed by atoms with Crippen molar-refractivity contribution in [3.05, 3.63) is 85.0 Å². The first-order chi connectivity index (χ1) is 15.3. The maximum Gasteiger partial charge on any atom is 0.161 e. The van der Waals surface area contributed by atoms with Gasteiger partial charge in [-0.05, 0) is 80.1 Å². The van der Waals surface area contributed by atoms with Gasteiger partial charge in [-0.15, -0.1) is 0 Å². The van der Waals surface area contributed by atoms with Crippen molar-refractivity contribution in [3.8, 4) is 11.8 Å². The number of carbonyl (C=O) groups excluding carboxylic acids is 1. The number of hydrogen-bond acceptors (Lipinski definition) is 5. The zero-order valence-electron chi connectivity index (χ0n) is 17.3. The van der Waals surface area contributed by atoms with Gasteiger partial charge >= 0.3 is 0 Å². The summed E-state index contributed by atoms with van der Waals surface area (Å²) in [7, 11) is 1.80. The molecule has 8 heteroatoms. The van der Waals surface area contributed by atoms with E-state index in [0.29, 0.717) is 43.6 Å². The average Bonchev–Trinajstić information content (AvgIpc) is 2.75. The summed E-state index contributed by atoms with van der Waals surface area (Å²) in [5, 5.41) is 9.89. The number of Topliss-reactive ketones (excluding diaryl/α,β-unsaturated/α-hetero) is 1. The lowest BCUT2D eigenvalue weighted by Crippen LogP contribution is -2.36. The number of hydrogen-bond donors (Lipinski definition) is 1. The van der Waals surface area contributed by atoms with Crippen molar-refractivity contribution in [2.45, 2.75) is 31.8 Å². The van der Waals surface area contributed by atoms with Gasteiger partial charge in [-0.25, -0.2) is 4.39 Å². The van der Waals surface area contributed by atoms with Crippen molar-refractivity contribution >= 4 is 37.6 Å². The van der Waals surface area contributed by atoms with E-state index in [-0.39, 0.29) is 18.2 Å². The minimum atomic E-state index is -0.538. The molecule has 5 nitrogen and oxygen atoms in total. The van der Waals surface area contributed by atoms with Crippen molar-refractivity contribution in [2.24, 2.45) is 5.73 Å². The molecule has 2 aliphatic rings. The second-order valence-corrected chi connectivity index (χ2v) is 9.48. The molecule has 0 aromatic heterocycles. The number of halogens is 3. The number of nitrogens with two attached hydrogens (primary N) is 1. The topological polar surface area (TPSA) is 79.3 Å². The number of ketones is 1. The minimum absolute atomic E-state index is 0.0435. The van der Waals surface area contributed by atoms with Gasteiger partial charge in [-0.3, -0.25) is 4.79 Å². The van der Waals surface area contributed by atoms with E-state index < -0.39 is 5.92 Å². The van der Waals surface area contributed by atoms with E-state index in [4.69, 9.17) is 10.5 Å². The molecule has 4 rings (SSSR count). The average molecular weight is 561 g/mol. The molecular formula is C24H20Br2FN3O2. The Labute approximate surface area is 202 Å². The second-order valence-electron chi connectivity index (χ2n) is 7.77. The molecule has 1 heterocycles. The van der Waals surface area contributed by atoms with Crippen LogP contribution in [0, 0.1) is 17.1 Å². The Kier molecular flexibility index (Phi) is 6.40. The van der Waals surface area contributed by atoms with Gasteiger partial charge in [0.05, 0.1) is 26.5 Å². The van der Waals surface area contributed by atoms with Crippen molar-refractivity contribution < 1.29 is 13.9 Å². The maximum absolute atomic E-state index is 13.5. The highest BCUT2D eigenvalue weighted by atomic mass is 79.9. The molecule has 2 aromatic rings. The molecule has 0 spiro atoms. The van der Waals surface area contributed by atoms with Crippen LogP contribution in [0.2, 0.25) is 0 Å². The summed E-state index contributed by atoms with van der Waals surface area (Å²) in [6.07, 6.45) is 1.97. The summed E-state index contributed by atoms with van der Waals surface area (Å²) in [6.45, 7) is 0.187. The molecule has 1 aliphatic heterocycles. The van der Waals surface area contributed by atoms with Crippen LogP contribution < -0.4 is 10.5 Å². The van der Waals surface area contributed by atoms with Gasteiger partial charge < -0.3 is 15.4 Å². The highest BCUT2D eigenvalue weighted by molar-refractivity contribution is 9.11. The van der Waals surface area contributed by atoms with Crippen molar-refractivity contribution in [1.29, 1.82) is 5.26 Å². The van der Waals surface area contributed by atoms with Crippen LogP contribution in [0.4, 0.5) is 4.39 Å². The summed E-state index contributed by atoms with van der Waals surface area (Å²) in [5.74, 6) is 0.0950. The number of nitrogens with zero attached hydrogens (tertiary/aromatic N) is 2. The molecule has 0 radical (unpaired) electrons. The molecule has 32 heavy (non-hydrogen) atoms. The Balaban J connectivity index is 1.73. The quantitative estimate of drug-likeness (QED) is 0.522. The fraction of sp³-hybridized carbons (Fsp3) is 0.250. The van der Waals surface area contributed by atoms with E-state index in [0.717, 1.165) is 24.1 Å². The van der Waals surface area contributed by atoms with Gasteiger partial charge in [-0.2, -0.15) is 5.26 Å². The lowest BCUT2D eigenvalue weighted by Gasteiger charge is -2.37. The van der Waals surface area contributed by atoms with Gasteiger partial charge in [0, 0.05) is 24.7 Å². The van der Waals surface area contributed by atoms with Crippen LogP contribution in [0.3, 0.4) is 0 Å². The van der Waals surface area contributed by atoms with E-state index in [1.165, 1.54) is 12.1 Å². The highest BCUT2D eigenvalue weighted by Crippen LogP contribution is 2.46. The molecule has 0 bridgehead atoms. The van der Waals surface area contributed by atoms with Crippen molar-refractivity contribution in [3.63, 3.8) is 0 Å². The molecular weight excluding hydrogens is 541 g/mol. The third-order valence-corrected chi connectivity index (χ3v) is 6.97. The predicted octanol–water partition coefficient (Wildman–Crippen LogP) is 5.66. The largest absolute Gasteiger partial charge is 0.487 e. The summed E-state index contributed by atoms with van der Waals surface area (Å²) in [4.78, 5) is 14.7. The van der Waals surface area contributed by atoms with Crippen LogP contribution in [-0.4, -0.2) is 17.7 Å². The second kappa shape index (κ2) is 9.08. The number of carbonyl (C=O) groups is 1. The summed E-state index contributed by atoms with van der Waals surface area (Å²) >= 11 is 7.11. The van der Waals surface area contributed by atoms with Crippen LogP contribution in [0.5, 0.6) is 5.75 Å². The Morgan fingerprint density at radius 2 is 1.97 bits per heavy atom. The number of nitriles is 1. The Bertz CT molecular complexity index is 1190. The van der Waals surface area contributed by atoms with Crippen molar-refractivity contribution in [1.82, 2.24) is 4.90 Å². The summed E-state index contributed by atoms with van der Waals surface area (Å²) < 4.78 is 20.7. The van der Waals surface area contributed by atoms with Gasteiger partial charge in [0.15, 0.2) is 5.78 Å². The molecule has 2 N–H and O–H groups in total. The third-order valence-electron chi connectivity index (χ3n) is 5.79. The number of rotatable bonds is 4. The Morgan fingerprint density at radius 3 is 2.62 bits per heavy atom. The number of benzene rings is 2. The molecule has 164 valence electrons. The molecule has 1 aliphatic carbocycles.